The number of carbonyl (C=O) groups is 1. The lowest BCUT2D eigenvalue weighted by molar-refractivity contribution is 0.0733. The molecule has 0 bridgehead atoms. The van der Waals surface area contributed by atoms with Gasteiger partial charge in [0.2, 0.25) is 0 Å². The van der Waals surface area contributed by atoms with Crippen LogP contribution in [0.5, 0.6) is 0 Å². The van der Waals surface area contributed by atoms with E-state index in [0.29, 0.717) is 12.1 Å². The summed E-state index contributed by atoms with van der Waals surface area (Å²) in [5.74, 6) is -1.84. The largest absolute Gasteiger partial charge is 0.445 e. The maximum atomic E-state index is 13.1. The molecule has 1 aromatic rings. The molecule has 0 radical (unpaired) electrons. The molecule has 0 spiro atoms. The maximum Gasteiger partial charge on any atom is 0.410 e. The van der Waals surface area contributed by atoms with Gasteiger partial charge in [-0.3, -0.25) is 0 Å². The number of hydrogen-bond donors (Lipinski definition) is 1. The molecule has 1 N–H and O–H groups in total. The van der Waals surface area contributed by atoms with E-state index in [1.165, 1.54) is 6.07 Å². The lowest BCUT2D eigenvalue weighted by atomic mass is 10.1. The van der Waals surface area contributed by atoms with E-state index in [-0.39, 0.29) is 25.1 Å². The van der Waals surface area contributed by atoms with Crippen molar-refractivity contribution in [1.29, 1.82) is 0 Å². The first kappa shape index (κ1) is 19.6. The molecule has 0 saturated carbocycles. The van der Waals surface area contributed by atoms with Crippen LogP contribution in [0, 0.1) is 11.6 Å². The van der Waals surface area contributed by atoms with Gasteiger partial charge in [-0.1, -0.05) is 13.0 Å². The zero-order chi connectivity index (χ0) is 15.9. The monoisotopic (exact) mass is 348 g/mol. The van der Waals surface area contributed by atoms with Gasteiger partial charge in [-0.2, -0.15) is 0 Å². The van der Waals surface area contributed by atoms with E-state index in [1.807, 2.05) is 6.92 Å². The highest BCUT2D eigenvalue weighted by atomic mass is 35.5. The van der Waals surface area contributed by atoms with Crippen molar-refractivity contribution in [3.8, 4) is 0 Å². The fourth-order valence-corrected chi connectivity index (χ4v) is 2.64. The van der Waals surface area contributed by atoms with Gasteiger partial charge in [-0.25, -0.2) is 13.6 Å². The third-order valence-corrected chi connectivity index (χ3v) is 3.79. The fourth-order valence-electron chi connectivity index (χ4n) is 2.64. The van der Waals surface area contributed by atoms with Crippen LogP contribution < -0.4 is 5.32 Å². The summed E-state index contributed by atoms with van der Waals surface area (Å²) in [6, 6.07) is 3.69. The Morgan fingerprint density at radius 1 is 1.30 bits per heavy atom. The van der Waals surface area contributed by atoms with E-state index in [9.17, 15) is 13.6 Å². The topological polar surface area (TPSA) is 41.6 Å². The summed E-state index contributed by atoms with van der Waals surface area (Å²) < 4.78 is 31.3. The standard InChI is InChI=1S/C16H22F2N2O2.ClH/c1-2-9-20(13-5-7-19-8-6-13)16(21)22-11-12-3-4-14(17)15(18)10-12;/h3-4,10,13,19H,2,5-9,11H2,1H3;1H. The highest BCUT2D eigenvalue weighted by Crippen LogP contribution is 2.15. The van der Waals surface area contributed by atoms with Gasteiger partial charge in [-0.05, 0) is 50.0 Å². The average Bonchev–Trinajstić information content (AvgIpc) is 2.54. The Morgan fingerprint density at radius 3 is 2.61 bits per heavy atom. The Balaban J connectivity index is 0.00000264. The molecule has 0 aromatic heterocycles. The Morgan fingerprint density at radius 2 is 2.00 bits per heavy atom. The third kappa shape index (κ3) is 5.62. The van der Waals surface area contributed by atoms with Crippen LogP contribution in [0.4, 0.5) is 13.6 Å². The smallest absolute Gasteiger partial charge is 0.410 e. The molecule has 1 amide bonds. The molecular formula is C16H23ClF2N2O2. The summed E-state index contributed by atoms with van der Waals surface area (Å²) in [6.07, 6.45) is 2.27. The minimum absolute atomic E-state index is 0. The number of benzene rings is 1. The molecule has 0 unspecified atom stereocenters. The first-order chi connectivity index (χ1) is 10.6. The van der Waals surface area contributed by atoms with E-state index in [2.05, 4.69) is 5.32 Å². The zero-order valence-corrected chi connectivity index (χ0v) is 14.0. The number of hydrogen-bond acceptors (Lipinski definition) is 3. The van der Waals surface area contributed by atoms with E-state index >= 15 is 0 Å². The highest BCUT2D eigenvalue weighted by Gasteiger charge is 2.25. The minimum Gasteiger partial charge on any atom is -0.445 e. The van der Waals surface area contributed by atoms with Crippen LogP contribution in [0.25, 0.3) is 0 Å². The van der Waals surface area contributed by atoms with Gasteiger partial charge < -0.3 is 15.0 Å². The van der Waals surface area contributed by atoms with Gasteiger partial charge in [0, 0.05) is 12.6 Å². The molecule has 130 valence electrons. The van der Waals surface area contributed by atoms with E-state index < -0.39 is 17.7 Å². The van der Waals surface area contributed by atoms with Crippen molar-refractivity contribution in [3.05, 3.63) is 35.4 Å². The minimum atomic E-state index is -0.933. The van der Waals surface area contributed by atoms with Crippen LogP contribution in [0.1, 0.15) is 31.7 Å². The predicted molar refractivity (Wildman–Crippen MR) is 86.7 cm³/mol. The van der Waals surface area contributed by atoms with Gasteiger partial charge in [0.1, 0.15) is 6.61 Å². The van der Waals surface area contributed by atoms with Crippen molar-refractivity contribution >= 4 is 18.5 Å². The number of carbonyl (C=O) groups excluding carboxylic acids is 1. The Labute approximate surface area is 141 Å². The normalized spacial score (nSPS) is 14.9. The first-order valence-electron chi connectivity index (χ1n) is 7.70. The quantitative estimate of drug-likeness (QED) is 0.885. The molecule has 23 heavy (non-hydrogen) atoms. The summed E-state index contributed by atoms with van der Waals surface area (Å²) in [7, 11) is 0. The summed E-state index contributed by atoms with van der Waals surface area (Å²) in [6.45, 7) is 4.38. The molecular weight excluding hydrogens is 326 g/mol. The maximum absolute atomic E-state index is 13.1. The Hall–Kier alpha value is -1.40. The molecule has 0 atom stereocenters. The van der Waals surface area contributed by atoms with Crippen LogP contribution in [0.2, 0.25) is 0 Å². The average molecular weight is 349 g/mol. The SMILES string of the molecule is CCCN(C(=O)OCc1ccc(F)c(F)c1)C1CCNCC1.Cl. The predicted octanol–water partition coefficient (Wildman–Crippen LogP) is 3.49. The van der Waals surface area contributed by atoms with Crippen LogP contribution >= 0.6 is 12.4 Å². The van der Waals surface area contributed by atoms with Crippen molar-refractivity contribution in [1.82, 2.24) is 10.2 Å². The van der Waals surface area contributed by atoms with Gasteiger partial charge >= 0.3 is 6.09 Å². The van der Waals surface area contributed by atoms with E-state index in [0.717, 1.165) is 44.5 Å². The molecule has 1 aliphatic heterocycles. The van der Waals surface area contributed by atoms with Gasteiger partial charge in [0.25, 0.3) is 0 Å². The molecule has 1 aromatic carbocycles. The molecule has 1 aliphatic rings. The summed E-state index contributed by atoms with van der Waals surface area (Å²) >= 11 is 0. The van der Waals surface area contributed by atoms with Crippen molar-refractivity contribution in [2.45, 2.75) is 38.8 Å². The Bertz CT molecular complexity index is 511. The number of halogens is 3. The van der Waals surface area contributed by atoms with Crippen molar-refractivity contribution in [3.63, 3.8) is 0 Å². The number of nitrogens with one attached hydrogen (secondary N) is 1. The van der Waals surface area contributed by atoms with Gasteiger partial charge in [0.15, 0.2) is 11.6 Å². The second-order valence-corrected chi connectivity index (χ2v) is 5.48. The molecule has 1 heterocycles. The first-order valence-corrected chi connectivity index (χ1v) is 7.70. The second-order valence-electron chi connectivity index (χ2n) is 5.48. The van der Waals surface area contributed by atoms with Crippen LogP contribution in [0.3, 0.4) is 0 Å². The van der Waals surface area contributed by atoms with Crippen LogP contribution in [0.15, 0.2) is 18.2 Å². The molecule has 1 fully saturated rings. The number of ether oxygens (including phenoxy) is 1. The molecule has 7 heteroatoms. The lowest BCUT2D eigenvalue weighted by Crippen LogP contribution is -2.46. The molecule has 4 nitrogen and oxygen atoms in total. The lowest BCUT2D eigenvalue weighted by Gasteiger charge is -2.33. The van der Waals surface area contributed by atoms with Crippen LogP contribution in [-0.4, -0.2) is 36.7 Å². The van der Waals surface area contributed by atoms with Crippen molar-refractivity contribution < 1.29 is 18.3 Å². The van der Waals surface area contributed by atoms with Crippen molar-refractivity contribution in [2.24, 2.45) is 0 Å². The summed E-state index contributed by atoms with van der Waals surface area (Å²) in [4.78, 5) is 14.0. The second kappa shape index (κ2) is 9.67. The van der Waals surface area contributed by atoms with Gasteiger partial charge in [-0.15, -0.1) is 12.4 Å². The highest BCUT2D eigenvalue weighted by molar-refractivity contribution is 5.85. The number of amides is 1. The molecule has 1 saturated heterocycles. The number of piperidine rings is 1. The summed E-state index contributed by atoms with van der Waals surface area (Å²) in [5.41, 5.74) is 0.439. The van der Waals surface area contributed by atoms with E-state index in [4.69, 9.17) is 4.74 Å². The van der Waals surface area contributed by atoms with Crippen LogP contribution in [-0.2, 0) is 11.3 Å². The fraction of sp³-hybridized carbons (Fsp3) is 0.562. The van der Waals surface area contributed by atoms with E-state index in [1.54, 1.807) is 4.90 Å². The summed E-state index contributed by atoms with van der Waals surface area (Å²) in [5, 5.41) is 3.26. The Kier molecular flexibility index (Phi) is 8.26. The van der Waals surface area contributed by atoms with Crippen molar-refractivity contribution in [2.75, 3.05) is 19.6 Å². The molecule has 0 aliphatic carbocycles. The number of rotatable bonds is 5. The molecule has 2 rings (SSSR count). The van der Waals surface area contributed by atoms with Gasteiger partial charge in [0.05, 0.1) is 0 Å². The third-order valence-electron chi connectivity index (χ3n) is 3.79. The number of nitrogens with zero attached hydrogens (tertiary/aromatic N) is 1. The zero-order valence-electron chi connectivity index (χ0n) is 13.2.